The lowest BCUT2D eigenvalue weighted by atomic mass is 9.82. The topological polar surface area (TPSA) is 16.4 Å². The predicted octanol–water partition coefficient (Wildman–Crippen LogP) is 15.0. The highest BCUT2D eigenvalue weighted by atomic mass is 16.3. The monoisotopic (exact) mass is 703 g/mol. The molecule has 2 nitrogen and oxygen atoms in total. The Bertz CT molecular complexity index is 3110. The van der Waals surface area contributed by atoms with Crippen molar-refractivity contribution in [3.8, 4) is 33.4 Å². The Kier molecular flexibility index (Phi) is 6.93. The third-order valence-corrected chi connectivity index (χ3v) is 11.8. The molecule has 0 spiro atoms. The van der Waals surface area contributed by atoms with E-state index < -0.39 is 0 Å². The largest absolute Gasteiger partial charge is 0.455 e. The maximum Gasteiger partial charge on any atom is 0.143 e. The molecule has 0 amide bonds. The molecule has 260 valence electrons. The van der Waals surface area contributed by atoms with Crippen LogP contribution in [0, 0.1) is 0 Å². The van der Waals surface area contributed by atoms with Gasteiger partial charge in [0.15, 0.2) is 0 Å². The van der Waals surface area contributed by atoms with E-state index in [2.05, 4.69) is 207 Å². The predicted molar refractivity (Wildman–Crippen MR) is 232 cm³/mol. The molecule has 1 aromatic heterocycles. The highest BCUT2D eigenvalue weighted by Crippen LogP contribution is 2.52. The second-order valence-corrected chi connectivity index (χ2v) is 15.3. The van der Waals surface area contributed by atoms with Gasteiger partial charge < -0.3 is 9.32 Å². The molecule has 0 aliphatic heterocycles. The molecule has 1 heterocycles. The molecule has 0 atom stereocenters. The first-order chi connectivity index (χ1) is 27.0. The molecule has 0 radical (unpaired) electrons. The molecule has 2 heteroatoms. The van der Waals surface area contributed by atoms with Crippen LogP contribution in [-0.2, 0) is 5.41 Å². The third-order valence-electron chi connectivity index (χ3n) is 11.8. The minimum atomic E-state index is -0.115. The van der Waals surface area contributed by atoms with E-state index in [1.807, 2.05) is 0 Å². The van der Waals surface area contributed by atoms with Crippen LogP contribution in [0.3, 0.4) is 0 Å². The van der Waals surface area contributed by atoms with Crippen molar-refractivity contribution < 1.29 is 4.42 Å². The number of hydrogen-bond donors (Lipinski definition) is 0. The van der Waals surface area contributed by atoms with Crippen LogP contribution in [0.25, 0.3) is 76.9 Å². The van der Waals surface area contributed by atoms with Crippen molar-refractivity contribution in [2.45, 2.75) is 19.3 Å². The molecular weight excluding hydrogens is 667 g/mol. The summed E-state index contributed by atoms with van der Waals surface area (Å²) >= 11 is 0. The van der Waals surface area contributed by atoms with E-state index in [1.165, 1.54) is 54.9 Å². The summed E-state index contributed by atoms with van der Waals surface area (Å²) in [6, 6.07) is 68.2. The summed E-state index contributed by atoms with van der Waals surface area (Å²) in [5.74, 6) is 0. The molecule has 11 rings (SSSR count). The summed E-state index contributed by atoms with van der Waals surface area (Å²) < 4.78 is 7.00. The van der Waals surface area contributed by atoms with E-state index in [-0.39, 0.29) is 5.41 Å². The molecular formula is C53H37NO. The van der Waals surface area contributed by atoms with Crippen LogP contribution >= 0.6 is 0 Å². The van der Waals surface area contributed by atoms with Gasteiger partial charge in [0, 0.05) is 27.7 Å². The molecule has 0 saturated carbocycles. The van der Waals surface area contributed by atoms with Crippen molar-refractivity contribution in [1.82, 2.24) is 0 Å². The van der Waals surface area contributed by atoms with Gasteiger partial charge in [-0.25, -0.2) is 0 Å². The molecule has 0 unspecified atom stereocenters. The van der Waals surface area contributed by atoms with Crippen LogP contribution in [0.1, 0.15) is 25.0 Å². The Hall–Kier alpha value is -6.90. The van der Waals surface area contributed by atoms with Gasteiger partial charge in [-0.3, -0.25) is 0 Å². The van der Waals surface area contributed by atoms with Crippen LogP contribution in [0.4, 0.5) is 17.1 Å². The summed E-state index contributed by atoms with van der Waals surface area (Å²) in [4.78, 5) is 2.41. The van der Waals surface area contributed by atoms with Gasteiger partial charge in [-0.15, -0.1) is 0 Å². The average Bonchev–Trinajstić information content (AvgIpc) is 3.72. The Morgan fingerprint density at radius 3 is 1.95 bits per heavy atom. The molecule has 55 heavy (non-hydrogen) atoms. The van der Waals surface area contributed by atoms with E-state index in [9.17, 15) is 0 Å². The van der Waals surface area contributed by atoms with Crippen molar-refractivity contribution in [2.24, 2.45) is 0 Å². The summed E-state index contributed by atoms with van der Waals surface area (Å²) in [6.45, 7) is 4.69. The SMILES string of the molecule is CC1(C)c2ccccc2-c2ccc(N(c3ccccc3)c3cccc4oc5c(-c6ccc(-c7cccc8ccccc78)cc6)c6ccccc6cc5c34)cc21. The lowest BCUT2D eigenvalue weighted by Gasteiger charge is -2.28. The van der Waals surface area contributed by atoms with Gasteiger partial charge >= 0.3 is 0 Å². The van der Waals surface area contributed by atoms with Crippen molar-refractivity contribution >= 4 is 60.5 Å². The highest BCUT2D eigenvalue weighted by molar-refractivity contribution is 6.22. The first-order valence-electron chi connectivity index (χ1n) is 19.1. The Balaban J connectivity index is 1.13. The molecule has 9 aromatic carbocycles. The lowest BCUT2D eigenvalue weighted by molar-refractivity contribution is 0.660. The van der Waals surface area contributed by atoms with E-state index in [1.54, 1.807) is 0 Å². The summed E-state index contributed by atoms with van der Waals surface area (Å²) in [5, 5.41) is 7.07. The van der Waals surface area contributed by atoms with Crippen molar-refractivity contribution in [3.05, 3.63) is 199 Å². The van der Waals surface area contributed by atoms with Gasteiger partial charge in [0.2, 0.25) is 0 Å². The zero-order valence-electron chi connectivity index (χ0n) is 30.8. The Morgan fingerprint density at radius 1 is 0.436 bits per heavy atom. The van der Waals surface area contributed by atoms with Gasteiger partial charge in [-0.1, -0.05) is 159 Å². The highest BCUT2D eigenvalue weighted by Gasteiger charge is 2.36. The number of hydrogen-bond acceptors (Lipinski definition) is 2. The van der Waals surface area contributed by atoms with E-state index in [0.717, 1.165) is 50.1 Å². The van der Waals surface area contributed by atoms with Crippen LogP contribution in [0.2, 0.25) is 0 Å². The average molecular weight is 704 g/mol. The maximum atomic E-state index is 7.00. The quantitative estimate of drug-likeness (QED) is 0.177. The molecule has 0 saturated heterocycles. The first kappa shape index (κ1) is 31.6. The van der Waals surface area contributed by atoms with Crippen molar-refractivity contribution in [3.63, 3.8) is 0 Å². The molecule has 1 aliphatic rings. The summed E-state index contributed by atoms with van der Waals surface area (Å²) in [7, 11) is 0. The van der Waals surface area contributed by atoms with Gasteiger partial charge in [0.1, 0.15) is 11.2 Å². The number of para-hydroxylation sites is 1. The minimum Gasteiger partial charge on any atom is -0.455 e. The molecule has 0 fully saturated rings. The number of furan rings is 1. The van der Waals surface area contributed by atoms with Gasteiger partial charge in [0.25, 0.3) is 0 Å². The number of anilines is 3. The van der Waals surface area contributed by atoms with Gasteiger partial charge in [-0.2, -0.15) is 0 Å². The lowest BCUT2D eigenvalue weighted by Crippen LogP contribution is -2.16. The maximum absolute atomic E-state index is 7.00. The standard InChI is InChI=1S/C53H37NO/c1-53(2)46-23-11-10-21-43(46)44-31-30-39(33-47(44)53)54(38-17-4-3-5-18-38)48-24-13-25-49-51(48)45-32-37-15-7-9-20-42(37)50(52(45)55-49)36-28-26-35(27-29-36)41-22-12-16-34-14-6-8-19-40(34)41/h3-33H,1-2H3. The molecule has 1 aliphatic carbocycles. The summed E-state index contributed by atoms with van der Waals surface area (Å²) in [5.41, 5.74) is 15.0. The molecule has 0 N–H and O–H groups in total. The van der Waals surface area contributed by atoms with Crippen LogP contribution < -0.4 is 4.90 Å². The van der Waals surface area contributed by atoms with E-state index >= 15 is 0 Å². The second kappa shape index (κ2) is 12.1. The first-order valence-corrected chi connectivity index (χ1v) is 19.1. The number of benzene rings is 9. The normalized spacial score (nSPS) is 13.1. The zero-order valence-corrected chi connectivity index (χ0v) is 30.8. The van der Waals surface area contributed by atoms with Crippen molar-refractivity contribution in [1.29, 1.82) is 0 Å². The minimum absolute atomic E-state index is 0.115. The van der Waals surface area contributed by atoms with Crippen LogP contribution in [-0.4, -0.2) is 0 Å². The van der Waals surface area contributed by atoms with Crippen LogP contribution in [0.15, 0.2) is 192 Å². The molecule has 0 bridgehead atoms. The fourth-order valence-electron chi connectivity index (χ4n) is 9.21. The second-order valence-electron chi connectivity index (χ2n) is 15.3. The number of fused-ring (bicyclic) bond motifs is 8. The van der Waals surface area contributed by atoms with Crippen molar-refractivity contribution in [2.75, 3.05) is 4.90 Å². The Morgan fingerprint density at radius 2 is 1.09 bits per heavy atom. The number of rotatable bonds is 5. The summed E-state index contributed by atoms with van der Waals surface area (Å²) in [6.07, 6.45) is 0. The fraction of sp³-hybridized carbons (Fsp3) is 0.0566. The third kappa shape index (κ3) is 4.81. The fourth-order valence-corrected chi connectivity index (χ4v) is 9.21. The zero-order chi connectivity index (χ0) is 36.7. The van der Waals surface area contributed by atoms with Gasteiger partial charge in [0.05, 0.1) is 11.1 Å². The van der Waals surface area contributed by atoms with E-state index in [0.29, 0.717) is 0 Å². The van der Waals surface area contributed by atoms with E-state index in [4.69, 9.17) is 4.42 Å². The smallest absolute Gasteiger partial charge is 0.143 e. The molecule has 10 aromatic rings. The van der Waals surface area contributed by atoms with Crippen LogP contribution in [0.5, 0.6) is 0 Å². The number of nitrogens with zero attached hydrogens (tertiary/aromatic N) is 1. The van der Waals surface area contributed by atoms with Gasteiger partial charge in [-0.05, 0) is 103 Å². The Labute approximate surface area is 320 Å².